The fraction of sp³-hybridized carbons (Fsp3) is 0.273. The van der Waals surface area contributed by atoms with Crippen molar-refractivity contribution in [3.63, 3.8) is 0 Å². The summed E-state index contributed by atoms with van der Waals surface area (Å²) in [5, 5.41) is 15.8. The smallest absolute Gasteiger partial charge is 0.292 e. The molecule has 0 fully saturated rings. The second kappa shape index (κ2) is 4.58. The average molecular weight is 239 g/mol. The van der Waals surface area contributed by atoms with Gasteiger partial charge in [-0.15, -0.1) is 5.10 Å². The molecule has 1 heterocycles. The van der Waals surface area contributed by atoms with E-state index in [1.165, 1.54) is 18.3 Å². The van der Waals surface area contributed by atoms with Crippen LogP contribution in [0.4, 0.5) is 8.78 Å². The van der Waals surface area contributed by atoms with Crippen LogP contribution < -0.4 is 0 Å². The second-order valence-corrected chi connectivity index (χ2v) is 3.64. The highest BCUT2D eigenvalue weighted by molar-refractivity contribution is 5.19. The van der Waals surface area contributed by atoms with Gasteiger partial charge in [-0.2, -0.15) is 8.78 Å². The summed E-state index contributed by atoms with van der Waals surface area (Å²) in [6.07, 6.45) is 1.30. The largest absolute Gasteiger partial charge is 0.390 e. The SMILES string of the molecule is OCc1cn(CC(F)(F)c2ccccc2)nn1. The Labute approximate surface area is 96.5 Å². The number of hydrogen-bond donors (Lipinski definition) is 1. The zero-order valence-corrected chi connectivity index (χ0v) is 8.92. The van der Waals surface area contributed by atoms with Crippen LogP contribution in [-0.2, 0) is 19.1 Å². The van der Waals surface area contributed by atoms with Crippen molar-refractivity contribution < 1.29 is 13.9 Å². The van der Waals surface area contributed by atoms with E-state index in [0.29, 0.717) is 0 Å². The highest BCUT2D eigenvalue weighted by Crippen LogP contribution is 2.29. The zero-order valence-electron chi connectivity index (χ0n) is 8.92. The summed E-state index contributed by atoms with van der Waals surface area (Å²) in [6.45, 7) is -0.902. The molecule has 0 unspecified atom stereocenters. The predicted octanol–water partition coefficient (Wildman–Crippen LogP) is 1.56. The Bertz CT molecular complexity index is 484. The van der Waals surface area contributed by atoms with E-state index in [1.54, 1.807) is 18.2 Å². The molecule has 0 saturated carbocycles. The van der Waals surface area contributed by atoms with Crippen LogP contribution >= 0.6 is 0 Å². The lowest BCUT2D eigenvalue weighted by Gasteiger charge is -2.15. The van der Waals surface area contributed by atoms with Gasteiger partial charge in [-0.1, -0.05) is 35.5 Å². The Morgan fingerprint density at radius 2 is 1.94 bits per heavy atom. The predicted molar refractivity (Wildman–Crippen MR) is 56.3 cm³/mol. The van der Waals surface area contributed by atoms with Crippen molar-refractivity contribution in [1.29, 1.82) is 0 Å². The number of benzene rings is 1. The van der Waals surface area contributed by atoms with Crippen LogP contribution in [0.3, 0.4) is 0 Å². The second-order valence-electron chi connectivity index (χ2n) is 3.64. The highest BCUT2D eigenvalue weighted by atomic mass is 19.3. The van der Waals surface area contributed by atoms with E-state index in [2.05, 4.69) is 10.3 Å². The summed E-state index contributed by atoms with van der Waals surface area (Å²) in [5.41, 5.74) is 0.204. The molecule has 4 nitrogen and oxygen atoms in total. The van der Waals surface area contributed by atoms with E-state index in [4.69, 9.17) is 5.11 Å². The molecule has 17 heavy (non-hydrogen) atoms. The van der Waals surface area contributed by atoms with Crippen LogP contribution in [0.15, 0.2) is 36.5 Å². The Hall–Kier alpha value is -1.82. The van der Waals surface area contributed by atoms with E-state index in [0.717, 1.165) is 4.68 Å². The minimum Gasteiger partial charge on any atom is -0.390 e. The molecule has 0 atom stereocenters. The number of hydrogen-bond acceptors (Lipinski definition) is 3. The van der Waals surface area contributed by atoms with Crippen LogP contribution in [0.1, 0.15) is 11.3 Å². The lowest BCUT2D eigenvalue weighted by Crippen LogP contribution is -2.21. The summed E-state index contributed by atoms with van der Waals surface area (Å²) >= 11 is 0. The Morgan fingerprint density at radius 3 is 2.53 bits per heavy atom. The number of alkyl halides is 2. The maximum absolute atomic E-state index is 13.8. The number of aliphatic hydroxyl groups excluding tert-OH is 1. The summed E-state index contributed by atoms with van der Waals surface area (Å²) in [5.74, 6) is -3.01. The molecule has 0 spiro atoms. The minimum atomic E-state index is -3.01. The number of aromatic nitrogens is 3. The van der Waals surface area contributed by atoms with Gasteiger partial charge in [0.1, 0.15) is 12.2 Å². The van der Waals surface area contributed by atoms with E-state index in [-0.39, 0.29) is 17.9 Å². The van der Waals surface area contributed by atoms with E-state index in [9.17, 15) is 8.78 Å². The van der Waals surface area contributed by atoms with Crippen LogP contribution in [0, 0.1) is 0 Å². The molecular weight excluding hydrogens is 228 g/mol. The lowest BCUT2D eigenvalue weighted by molar-refractivity contribution is -0.0258. The van der Waals surface area contributed by atoms with Gasteiger partial charge >= 0.3 is 0 Å². The molecule has 0 radical (unpaired) electrons. The Morgan fingerprint density at radius 1 is 1.24 bits per heavy atom. The number of aliphatic hydroxyl groups is 1. The molecule has 2 rings (SSSR count). The van der Waals surface area contributed by atoms with E-state index < -0.39 is 12.5 Å². The average Bonchev–Trinajstić information content (AvgIpc) is 2.77. The molecule has 0 saturated heterocycles. The van der Waals surface area contributed by atoms with Crippen molar-refractivity contribution in [2.45, 2.75) is 19.1 Å². The van der Waals surface area contributed by atoms with Crippen molar-refractivity contribution >= 4 is 0 Å². The minimum absolute atomic E-state index is 0.0685. The Kier molecular flexibility index (Phi) is 3.14. The van der Waals surface area contributed by atoms with Gasteiger partial charge < -0.3 is 5.11 Å². The first-order valence-corrected chi connectivity index (χ1v) is 5.05. The molecule has 6 heteroatoms. The van der Waals surface area contributed by atoms with Crippen LogP contribution in [0.5, 0.6) is 0 Å². The maximum atomic E-state index is 13.8. The van der Waals surface area contributed by atoms with Gasteiger partial charge in [-0.3, -0.25) is 0 Å². The van der Waals surface area contributed by atoms with Crippen molar-refractivity contribution in [1.82, 2.24) is 15.0 Å². The number of halogens is 2. The molecule has 1 N–H and O–H groups in total. The molecule has 1 aromatic carbocycles. The highest BCUT2D eigenvalue weighted by Gasteiger charge is 2.32. The van der Waals surface area contributed by atoms with Gasteiger partial charge in [0.05, 0.1) is 12.8 Å². The maximum Gasteiger partial charge on any atom is 0.292 e. The van der Waals surface area contributed by atoms with Crippen molar-refractivity contribution in [2.75, 3.05) is 0 Å². The molecule has 0 bridgehead atoms. The zero-order chi connectivity index (χ0) is 12.3. The summed E-state index contributed by atoms with van der Waals surface area (Å²) in [6, 6.07) is 7.53. The van der Waals surface area contributed by atoms with Gasteiger partial charge in [-0.25, -0.2) is 4.68 Å². The molecule has 2 aromatic rings. The summed E-state index contributed by atoms with van der Waals surface area (Å²) < 4.78 is 28.6. The van der Waals surface area contributed by atoms with Gasteiger partial charge in [0, 0.05) is 5.56 Å². The van der Waals surface area contributed by atoms with Crippen molar-refractivity contribution in [3.05, 3.63) is 47.8 Å². The van der Waals surface area contributed by atoms with Gasteiger partial charge in [0.15, 0.2) is 0 Å². The van der Waals surface area contributed by atoms with Gasteiger partial charge in [0.2, 0.25) is 0 Å². The quantitative estimate of drug-likeness (QED) is 0.880. The standard InChI is InChI=1S/C11H11F2N3O/c12-11(13,9-4-2-1-3-5-9)8-16-6-10(7-17)14-15-16/h1-6,17H,7-8H2. The topological polar surface area (TPSA) is 50.9 Å². The van der Waals surface area contributed by atoms with Crippen LogP contribution in [0.25, 0.3) is 0 Å². The monoisotopic (exact) mass is 239 g/mol. The molecule has 0 amide bonds. The Balaban J connectivity index is 2.17. The molecule has 90 valence electrons. The first-order chi connectivity index (χ1) is 8.12. The van der Waals surface area contributed by atoms with Crippen molar-refractivity contribution in [2.24, 2.45) is 0 Å². The first-order valence-electron chi connectivity index (χ1n) is 5.05. The summed E-state index contributed by atoms with van der Waals surface area (Å²) in [4.78, 5) is 0. The number of rotatable bonds is 4. The molecule has 1 aromatic heterocycles. The first kappa shape index (κ1) is 11.7. The molecule has 0 aliphatic carbocycles. The fourth-order valence-electron chi connectivity index (χ4n) is 1.46. The van der Waals surface area contributed by atoms with Crippen molar-refractivity contribution in [3.8, 4) is 0 Å². The normalized spacial score (nSPS) is 11.7. The third-order valence-corrected chi connectivity index (χ3v) is 2.30. The third-order valence-electron chi connectivity index (χ3n) is 2.30. The third kappa shape index (κ3) is 2.65. The lowest BCUT2D eigenvalue weighted by atomic mass is 10.1. The van der Waals surface area contributed by atoms with Gasteiger partial charge in [0.25, 0.3) is 5.92 Å². The van der Waals surface area contributed by atoms with Crippen LogP contribution in [-0.4, -0.2) is 20.1 Å². The fourth-order valence-corrected chi connectivity index (χ4v) is 1.46. The number of nitrogens with zero attached hydrogens (tertiary/aromatic N) is 3. The van der Waals surface area contributed by atoms with Gasteiger partial charge in [-0.05, 0) is 0 Å². The molecule has 0 aliphatic rings. The molecular formula is C11H11F2N3O. The van der Waals surface area contributed by atoms with Crippen LogP contribution in [0.2, 0.25) is 0 Å². The van der Waals surface area contributed by atoms with E-state index in [1.807, 2.05) is 0 Å². The summed E-state index contributed by atoms with van der Waals surface area (Å²) in [7, 11) is 0. The molecule has 0 aliphatic heterocycles. The van der Waals surface area contributed by atoms with E-state index >= 15 is 0 Å².